The molecule has 268 valence electrons. The minimum absolute atomic E-state index is 0.290. The molecule has 0 saturated heterocycles. The molecule has 0 aliphatic heterocycles. The summed E-state index contributed by atoms with van der Waals surface area (Å²) in [5.41, 5.74) is 7.84. The van der Waals surface area contributed by atoms with Gasteiger partial charge in [-0.15, -0.1) is 10.2 Å². The quantitative estimate of drug-likeness (QED) is 0.145. The second-order valence-electron chi connectivity index (χ2n) is 11.6. The van der Waals surface area contributed by atoms with Crippen LogP contribution in [0.25, 0.3) is 56.4 Å². The van der Waals surface area contributed by atoms with E-state index in [1.165, 1.54) is 24.3 Å². The molecule has 0 radical (unpaired) electrons. The Morgan fingerprint density at radius 1 is 0.444 bits per heavy atom. The van der Waals surface area contributed by atoms with E-state index in [2.05, 4.69) is 30.6 Å². The van der Waals surface area contributed by atoms with Gasteiger partial charge >= 0.3 is 0 Å². The SMILES string of the molecule is COc1ccc(-n2nnc(-c3ccc(F)cc3)c2-c2ccncc2)cc1.COc1ccc(-n2nnc(-c3ccc(F)cc3)c2-c2ccncc2)cc1OC. The molecule has 0 aliphatic carbocycles. The first-order chi connectivity index (χ1) is 26.5. The lowest BCUT2D eigenvalue weighted by Gasteiger charge is -2.12. The standard InChI is InChI=1S/C21H17FN4O2.C20H15FN4O/c1-27-18-8-7-17(13-19(18)28-2)26-21(15-9-11-23-12-10-15)20(24-25-26)14-3-5-16(22)6-4-14;1-26-18-8-6-17(7-9-18)25-20(15-10-12-22-13-11-15)19(23-24-25)14-2-4-16(21)5-3-14/h3-13H,1-2H3;2-13H,1H3. The van der Waals surface area contributed by atoms with Gasteiger partial charge in [-0.1, -0.05) is 10.4 Å². The number of methoxy groups -OCH3 is 3. The molecule has 0 fully saturated rings. The third kappa shape index (κ3) is 7.37. The fourth-order valence-electron chi connectivity index (χ4n) is 5.75. The Morgan fingerprint density at radius 2 is 0.889 bits per heavy atom. The van der Waals surface area contributed by atoms with Crippen molar-refractivity contribution in [3.05, 3.63) is 152 Å². The monoisotopic (exact) mass is 722 g/mol. The van der Waals surface area contributed by atoms with Crippen molar-refractivity contribution >= 4 is 0 Å². The maximum atomic E-state index is 13.4. The van der Waals surface area contributed by atoms with E-state index >= 15 is 0 Å². The zero-order valence-corrected chi connectivity index (χ0v) is 29.3. The van der Waals surface area contributed by atoms with Crippen LogP contribution in [-0.4, -0.2) is 61.3 Å². The molecule has 54 heavy (non-hydrogen) atoms. The van der Waals surface area contributed by atoms with E-state index in [0.29, 0.717) is 22.9 Å². The number of halogens is 2. The predicted molar refractivity (Wildman–Crippen MR) is 200 cm³/mol. The third-order valence-electron chi connectivity index (χ3n) is 8.41. The molecule has 0 N–H and O–H groups in total. The highest BCUT2D eigenvalue weighted by molar-refractivity contribution is 5.80. The van der Waals surface area contributed by atoms with Crippen LogP contribution >= 0.6 is 0 Å². The molecule has 0 aliphatic rings. The largest absolute Gasteiger partial charge is 0.497 e. The van der Waals surface area contributed by atoms with Crippen molar-refractivity contribution in [2.45, 2.75) is 0 Å². The second-order valence-corrected chi connectivity index (χ2v) is 11.6. The molecule has 0 atom stereocenters. The number of aromatic nitrogens is 8. The second kappa shape index (κ2) is 15.9. The summed E-state index contributed by atoms with van der Waals surface area (Å²) in [5.74, 6) is 1.37. The topological polar surface area (TPSA) is 115 Å². The Kier molecular flexibility index (Phi) is 10.4. The Bertz CT molecular complexity index is 2460. The Hall–Kier alpha value is -7.28. The molecule has 8 rings (SSSR count). The number of rotatable bonds is 9. The molecule has 4 aromatic carbocycles. The molecular weight excluding hydrogens is 690 g/mol. The van der Waals surface area contributed by atoms with Crippen LogP contribution in [0.3, 0.4) is 0 Å². The van der Waals surface area contributed by atoms with Crippen molar-refractivity contribution in [2.24, 2.45) is 0 Å². The van der Waals surface area contributed by atoms with Gasteiger partial charge in [0.05, 0.1) is 32.7 Å². The molecule has 0 saturated carbocycles. The van der Waals surface area contributed by atoms with Gasteiger partial charge in [-0.25, -0.2) is 18.1 Å². The minimum Gasteiger partial charge on any atom is -0.497 e. The Labute approximate surface area is 309 Å². The number of ether oxygens (including phenoxy) is 3. The van der Waals surface area contributed by atoms with E-state index < -0.39 is 0 Å². The van der Waals surface area contributed by atoms with Crippen LogP contribution in [0.1, 0.15) is 0 Å². The first-order valence-corrected chi connectivity index (χ1v) is 16.6. The smallest absolute Gasteiger partial charge is 0.162 e. The summed E-state index contributed by atoms with van der Waals surface area (Å²) in [6.07, 6.45) is 6.84. The highest BCUT2D eigenvalue weighted by Crippen LogP contribution is 2.35. The molecule has 13 heteroatoms. The van der Waals surface area contributed by atoms with E-state index in [4.69, 9.17) is 14.2 Å². The normalized spacial score (nSPS) is 10.7. The number of hydrogen-bond donors (Lipinski definition) is 0. The fraction of sp³-hybridized carbons (Fsp3) is 0.0732. The van der Waals surface area contributed by atoms with Crippen molar-refractivity contribution in [2.75, 3.05) is 21.3 Å². The molecule has 4 aromatic heterocycles. The van der Waals surface area contributed by atoms with Gasteiger partial charge < -0.3 is 14.2 Å². The van der Waals surface area contributed by atoms with Gasteiger partial charge in [-0.2, -0.15) is 0 Å². The molecular formula is C41H32F2N8O3. The summed E-state index contributed by atoms with van der Waals surface area (Å²) in [6, 6.07) is 33.0. The minimum atomic E-state index is -0.304. The fourth-order valence-corrected chi connectivity index (χ4v) is 5.75. The number of nitrogens with zero attached hydrogens (tertiary/aromatic N) is 8. The Balaban J connectivity index is 0.000000167. The van der Waals surface area contributed by atoms with Crippen molar-refractivity contribution in [1.82, 2.24) is 40.0 Å². The average Bonchev–Trinajstić information content (AvgIpc) is 3.88. The summed E-state index contributed by atoms with van der Waals surface area (Å²) in [5, 5.41) is 17.4. The third-order valence-corrected chi connectivity index (χ3v) is 8.41. The molecule has 8 aromatic rings. The predicted octanol–water partition coefficient (Wildman–Crippen LogP) is 8.30. The molecule has 0 spiro atoms. The van der Waals surface area contributed by atoms with E-state index in [1.807, 2.05) is 66.7 Å². The average molecular weight is 723 g/mol. The van der Waals surface area contributed by atoms with E-state index in [1.54, 1.807) is 79.7 Å². The highest BCUT2D eigenvalue weighted by Gasteiger charge is 2.20. The van der Waals surface area contributed by atoms with Crippen LogP contribution in [0.4, 0.5) is 8.78 Å². The summed E-state index contributed by atoms with van der Waals surface area (Å²) in [6.45, 7) is 0. The lowest BCUT2D eigenvalue weighted by molar-refractivity contribution is 0.354. The van der Waals surface area contributed by atoms with Crippen LogP contribution in [-0.2, 0) is 0 Å². The van der Waals surface area contributed by atoms with Gasteiger partial charge in [-0.3, -0.25) is 9.97 Å². The van der Waals surface area contributed by atoms with Crippen molar-refractivity contribution in [1.29, 1.82) is 0 Å². The number of pyridine rings is 2. The number of hydrogen-bond acceptors (Lipinski definition) is 9. The number of benzene rings is 4. The van der Waals surface area contributed by atoms with Crippen molar-refractivity contribution < 1.29 is 23.0 Å². The molecule has 0 amide bonds. The van der Waals surface area contributed by atoms with Crippen LogP contribution in [0.5, 0.6) is 17.2 Å². The molecule has 0 unspecified atom stereocenters. The van der Waals surface area contributed by atoms with Crippen LogP contribution in [0, 0.1) is 11.6 Å². The van der Waals surface area contributed by atoms with Gasteiger partial charge in [0.1, 0.15) is 40.2 Å². The van der Waals surface area contributed by atoms with Crippen molar-refractivity contribution in [3.8, 4) is 73.7 Å². The van der Waals surface area contributed by atoms with E-state index in [-0.39, 0.29) is 11.6 Å². The molecule has 4 heterocycles. The van der Waals surface area contributed by atoms with E-state index in [0.717, 1.165) is 50.8 Å². The van der Waals surface area contributed by atoms with Gasteiger partial charge in [0, 0.05) is 53.1 Å². The summed E-state index contributed by atoms with van der Waals surface area (Å²) < 4.78 is 46.1. The van der Waals surface area contributed by atoms with Crippen LogP contribution in [0.2, 0.25) is 0 Å². The first-order valence-electron chi connectivity index (χ1n) is 16.6. The van der Waals surface area contributed by atoms with Crippen LogP contribution < -0.4 is 14.2 Å². The lowest BCUT2D eigenvalue weighted by Crippen LogP contribution is -2.01. The summed E-state index contributed by atoms with van der Waals surface area (Å²) >= 11 is 0. The lowest BCUT2D eigenvalue weighted by atomic mass is 10.1. The zero-order chi connectivity index (χ0) is 37.4. The summed E-state index contributed by atoms with van der Waals surface area (Å²) in [4.78, 5) is 8.16. The molecule has 11 nitrogen and oxygen atoms in total. The van der Waals surface area contributed by atoms with Gasteiger partial charge in [0.15, 0.2) is 11.5 Å². The highest BCUT2D eigenvalue weighted by atomic mass is 19.1. The maximum absolute atomic E-state index is 13.4. The summed E-state index contributed by atoms with van der Waals surface area (Å²) in [7, 11) is 4.79. The molecule has 0 bridgehead atoms. The van der Waals surface area contributed by atoms with Crippen molar-refractivity contribution in [3.63, 3.8) is 0 Å². The first kappa shape index (κ1) is 35.1. The van der Waals surface area contributed by atoms with Gasteiger partial charge in [0.25, 0.3) is 0 Å². The zero-order valence-electron chi connectivity index (χ0n) is 29.3. The maximum Gasteiger partial charge on any atom is 0.162 e. The van der Waals surface area contributed by atoms with E-state index in [9.17, 15) is 8.78 Å². The Morgan fingerprint density at radius 3 is 1.33 bits per heavy atom. The van der Waals surface area contributed by atoms with Gasteiger partial charge in [0.2, 0.25) is 0 Å². The van der Waals surface area contributed by atoms with Crippen LogP contribution in [0.15, 0.2) is 140 Å². The van der Waals surface area contributed by atoms with Gasteiger partial charge in [-0.05, 0) is 109 Å².